The highest BCUT2D eigenvalue weighted by Gasteiger charge is 2.41. The van der Waals surface area contributed by atoms with E-state index in [1.165, 1.54) is 22.6 Å². The van der Waals surface area contributed by atoms with Crippen LogP contribution in [0, 0.1) is 3.57 Å². The highest BCUT2D eigenvalue weighted by molar-refractivity contribution is 14.1. The van der Waals surface area contributed by atoms with E-state index in [4.69, 9.17) is 0 Å². The first-order chi connectivity index (χ1) is 11.7. The first-order valence-corrected chi connectivity index (χ1v) is 8.51. The van der Waals surface area contributed by atoms with Crippen molar-refractivity contribution in [2.45, 2.75) is 18.5 Å². The van der Waals surface area contributed by atoms with Crippen molar-refractivity contribution in [3.8, 4) is 0 Å². The molecule has 3 rings (SSSR count). The molecule has 0 fully saturated rings. The van der Waals surface area contributed by atoms with E-state index >= 15 is 0 Å². The van der Waals surface area contributed by atoms with E-state index < -0.39 is 50.0 Å². The van der Waals surface area contributed by atoms with Crippen molar-refractivity contribution < 1.29 is 39.5 Å². The Hall–Kier alpha value is -1.24. The summed E-state index contributed by atoms with van der Waals surface area (Å²) >= 11 is 1.58. The summed E-state index contributed by atoms with van der Waals surface area (Å²) in [5.74, 6) is 0. The second-order valence-corrected chi connectivity index (χ2v) is 7.48. The van der Waals surface area contributed by atoms with Crippen LogP contribution in [0.5, 0.6) is 0 Å². The average molecular weight is 514 g/mol. The lowest BCUT2D eigenvalue weighted by Crippen LogP contribution is -2.10. The van der Waals surface area contributed by atoms with Crippen LogP contribution in [-0.4, -0.2) is 0 Å². The first kappa shape index (κ1) is 19.5. The summed E-state index contributed by atoms with van der Waals surface area (Å²) in [6.45, 7) is 0. The minimum atomic E-state index is -5.15. The normalized spacial score (nSPS) is 13.8. The van der Waals surface area contributed by atoms with Crippen molar-refractivity contribution in [2.24, 2.45) is 0 Å². The SMILES string of the molecule is FC(F)(F)c1cc(C(F)(F)F)c2sc3c(C(F)(F)F)c(I)ccc3c2c1. The standard InChI is InChI=1S/C15H4F9IS/c16-13(17,18)5-3-7-6-1-2-9(25)10(15(22,23)24)12(6)26-11(7)8(4-5)14(19,20)21/h1-4H. The van der Waals surface area contributed by atoms with Crippen LogP contribution >= 0.6 is 33.9 Å². The third-order valence-corrected chi connectivity index (χ3v) is 5.78. The number of halogens is 10. The van der Waals surface area contributed by atoms with E-state index in [0.717, 1.165) is 12.1 Å². The molecule has 0 aliphatic carbocycles. The predicted molar refractivity (Wildman–Crippen MR) is 87.1 cm³/mol. The molecule has 0 unspecified atom stereocenters. The second kappa shape index (κ2) is 5.88. The van der Waals surface area contributed by atoms with Crippen LogP contribution in [0.15, 0.2) is 24.3 Å². The average Bonchev–Trinajstić information content (AvgIpc) is 2.80. The summed E-state index contributed by atoms with van der Waals surface area (Å²) in [6, 6.07) is 2.50. The lowest BCUT2D eigenvalue weighted by Gasteiger charge is -2.12. The molecule has 140 valence electrons. The van der Waals surface area contributed by atoms with Crippen molar-refractivity contribution >= 4 is 54.1 Å². The quantitative estimate of drug-likeness (QED) is 0.213. The molecule has 0 amide bonds. The van der Waals surface area contributed by atoms with E-state index in [0.29, 0.717) is 6.07 Å². The molecule has 0 atom stereocenters. The topological polar surface area (TPSA) is 0 Å². The van der Waals surface area contributed by atoms with E-state index in [1.807, 2.05) is 0 Å². The van der Waals surface area contributed by atoms with Gasteiger partial charge in [0.2, 0.25) is 0 Å². The van der Waals surface area contributed by atoms with Crippen molar-refractivity contribution in [2.75, 3.05) is 0 Å². The number of alkyl halides is 9. The third kappa shape index (κ3) is 3.23. The van der Waals surface area contributed by atoms with Gasteiger partial charge in [0.15, 0.2) is 0 Å². The molecule has 0 bridgehead atoms. The molecule has 0 spiro atoms. The molecule has 11 heteroatoms. The zero-order valence-corrected chi connectivity index (χ0v) is 15.0. The Labute approximate surface area is 156 Å². The van der Waals surface area contributed by atoms with Crippen LogP contribution in [0.1, 0.15) is 16.7 Å². The summed E-state index contributed by atoms with van der Waals surface area (Å²) in [6.07, 6.45) is -15.1. The van der Waals surface area contributed by atoms with Gasteiger partial charge in [0, 0.05) is 23.7 Å². The fraction of sp³-hybridized carbons (Fsp3) is 0.200. The van der Waals surface area contributed by atoms with Gasteiger partial charge >= 0.3 is 18.5 Å². The van der Waals surface area contributed by atoms with Crippen molar-refractivity contribution in [1.29, 1.82) is 0 Å². The Kier molecular flexibility index (Phi) is 4.41. The maximum absolute atomic E-state index is 13.3. The molecular formula is C15H4F9IS. The van der Waals surface area contributed by atoms with Crippen LogP contribution in [0.3, 0.4) is 0 Å². The number of fused-ring (bicyclic) bond motifs is 3. The second-order valence-electron chi connectivity index (χ2n) is 5.29. The minimum absolute atomic E-state index is 0.0735. The number of benzene rings is 2. The smallest absolute Gasteiger partial charge is 0.166 e. The van der Waals surface area contributed by atoms with Crippen molar-refractivity contribution in [3.63, 3.8) is 0 Å². The predicted octanol–water partition coefficient (Wildman–Crippen LogP) is 7.72. The zero-order chi connectivity index (χ0) is 19.7. The fourth-order valence-electron chi connectivity index (χ4n) is 2.56. The Bertz CT molecular complexity index is 1010. The molecule has 26 heavy (non-hydrogen) atoms. The Morgan fingerprint density at radius 2 is 1.31 bits per heavy atom. The van der Waals surface area contributed by atoms with E-state index in [2.05, 4.69) is 0 Å². The third-order valence-electron chi connectivity index (χ3n) is 3.61. The number of hydrogen-bond donors (Lipinski definition) is 0. The maximum Gasteiger partial charge on any atom is 0.418 e. The molecule has 1 aromatic heterocycles. The van der Waals surface area contributed by atoms with Gasteiger partial charge in [-0.2, -0.15) is 39.5 Å². The van der Waals surface area contributed by atoms with Gasteiger partial charge in [-0.05, 0) is 40.8 Å². The van der Waals surface area contributed by atoms with Gasteiger partial charge in [-0.25, -0.2) is 0 Å². The molecule has 2 aromatic carbocycles. The number of thiophene rings is 1. The summed E-state index contributed by atoms with van der Waals surface area (Å²) in [5.41, 5.74) is -4.32. The molecule has 0 radical (unpaired) electrons. The van der Waals surface area contributed by atoms with E-state index in [9.17, 15) is 39.5 Å². The lowest BCUT2D eigenvalue weighted by atomic mass is 10.0. The Morgan fingerprint density at radius 1 is 0.692 bits per heavy atom. The molecule has 3 aromatic rings. The molecular weight excluding hydrogens is 510 g/mol. The number of hydrogen-bond acceptors (Lipinski definition) is 1. The van der Waals surface area contributed by atoms with Crippen LogP contribution in [-0.2, 0) is 18.5 Å². The molecule has 0 aliphatic rings. The summed E-state index contributed by atoms with van der Waals surface area (Å²) in [5, 5.41) is -0.802. The molecule has 0 aliphatic heterocycles. The van der Waals surface area contributed by atoms with E-state index in [1.54, 1.807) is 0 Å². The highest BCUT2D eigenvalue weighted by Crippen LogP contribution is 2.49. The Balaban J connectivity index is 2.54. The molecule has 1 heterocycles. The van der Waals surface area contributed by atoms with Crippen LogP contribution in [0.4, 0.5) is 39.5 Å². The van der Waals surface area contributed by atoms with Crippen LogP contribution in [0.2, 0.25) is 0 Å². The van der Waals surface area contributed by atoms with Crippen LogP contribution in [0.25, 0.3) is 20.2 Å². The summed E-state index contributed by atoms with van der Waals surface area (Å²) < 4.78 is 117. The lowest BCUT2D eigenvalue weighted by molar-refractivity contribution is -0.142. The van der Waals surface area contributed by atoms with Crippen molar-refractivity contribution in [1.82, 2.24) is 0 Å². The monoisotopic (exact) mass is 514 g/mol. The van der Waals surface area contributed by atoms with Crippen LogP contribution < -0.4 is 0 Å². The number of rotatable bonds is 0. The minimum Gasteiger partial charge on any atom is -0.166 e. The fourth-order valence-corrected chi connectivity index (χ4v) is 4.88. The summed E-state index contributed by atoms with van der Waals surface area (Å²) in [4.78, 5) is 0. The van der Waals surface area contributed by atoms with Gasteiger partial charge < -0.3 is 0 Å². The maximum atomic E-state index is 13.3. The van der Waals surface area contributed by atoms with Gasteiger partial charge in [-0.15, -0.1) is 11.3 Å². The van der Waals surface area contributed by atoms with Gasteiger partial charge in [0.05, 0.1) is 16.7 Å². The molecule has 0 saturated carbocycles. The molecule has 0 nitrogen and oxygen atoms in total. The van der Waals surface area contributed by atoms with Gasteiger partial charge in [-0.3, -0.25) is 0 Å². The van der Waals surface area contributed by atoms with Gasteiger partial charge in [-0.1, -0.05) is 6.07 Å². The van der Waals surface area contributed by atoms with Crippen molar-refractivity contribution in [3.05, 3.63) is 44.5 Å². The highest BCUT2D eigenvalue weighted by atomic mass is 127. The molecule has 0 saturated heterocycles. The molecule has 0 N–H and O–H groups in total. The summed E-state index contributed by atoms with van der Waals surface area (Å²) in [7, 11) is 0. The zero-order valence-electron chi connectivity index (χ0n) is 12.0. The first-order valence-electron chi connectivity index (χ1n) is 6.61. The Morgan fingerprint density at radius 3 is 1.81 bits per heavy atom. The van der Waals surface area contributed by atoms with E-state index in [-0.39, 0.29) is 26.4 Å². The van der Waals surface area contributed by atoms with Gasteiger partial charge in [0.25, 0.3) is 0 Å². The largest absolute Gasteiger partial charge is 0.418 e. The van der Waals surface area contributed by atoms with Gasteiger partial charge in [0.1, 0.15) is 0 Å².